The van der Waals surface area contributed by atoms with Crippen molar-refractivity contribution < 1.29 is 9.59 Å². The summed E-state index contributed by atoms with van der Waals surface area (Å²) in [5.41, 5.74) is 1.92. The number of hydrogen-bond donors (Lipinski definition) is 1. The molecule has 31 heavy (non-hydrogen) atoms. The summed E-state index contributed by atoms with van der Waals surface area (Å²) in [7, 11) is 0. The van der Waals surface area contributed by atoms with Gasteiger partial charge in [-0.25, -0.2) is 9.67 Å². The molecule has 0 aromatic carbocycles. The number of nitrogens with one attached hydrogen (secondary N) is 1. The van der Waals surface area contributed by atoms with Crippen molar-refractivity contribution in [3.63, 3.8) is 0 Å². The molecule has 0 bridgehead atoms. The molecule has 164 valence electrons. The predicted molar refractivity (Wildman–Crippen MR) is 123 cm³/mol. The van der Waals surface area contributed by atoms with Gasteiger partial charge >= 0.3 is 0 Å². The molecule has 2 amide bonds. The van der Waals surface area contributed by atoms with Crippen molar-refractivity contribution >= 4 is 34.2 Å². The monoisotopic (exact) mass is 439 g/mol. The maximum atomic E-state index is 13.5. The minimum Gasteiger partial charge on any atom is -0.341 e. The van der Waals surface area contributed by atoms with Crippen LogP contribution >= 0.6 is 11.3 Å². The van der Waals surface area contributed by atoms with E-state index in [1.54, 1.807) is 17.5 Å². The zero-order chi connectivity index (χ0) is 22.1. The van der Waals surface area contributed by atoms with Crippen LogP contribution in [0.2, 0.25) is 0 Å². The topological polar surface area (TPSA) is 80.1 Å². The molecule has 8 heteroatoms. The van der Waals surface area contributed by atoms with Crippen molar-refractivity contribution in [3.05, 3.63) is 35.3 Å². The predicted octanol–water partition coefficient (Wildman–Crippen LogP) is 4.12. The molecular formula is C23H29N5O2S. The average molecular weight is 440 g/mol. The van der Waals surface area contributed by atoms with Crippen LogP contribution in [0.15, 0.2) is 29.8 Å². The van der Waals surface area contributed by atoms with Gasteiger partial charge in [-0.05, 0) is 50.1 Å². The highest BCUT2D eigenvalue weighted by atomic mass is 32.1. The van der Waals surface area contributed by atoms with E-state index in [2.05, 4.69) is 10.4 Å². The lowest BCUT2D eigenvalue weighted by Gasteiger charge is -2.26. The molecule has 1 saturated heterocycles. The number of thiophene rings is 1. The molecule has 0 saturated carbocycles. The largest absolute Gasteiger partial charge is 0.341 e. The highest BCUT2D eigenvalue weighted by molar-refractivity contribution is 7.13. The quantitative estimate of drug-likeness (QED) is 0.627. The SMILES string of the molecule is CC(C)[C@H](NC(=O)c1cc(-c2cccs2)nc2c1cnn2C(C)C)C(=O)N1CCCC1. The second-order valence-corrected chi connectivity index (χ2v) is 9.63. The smallest absolute Gasteiger partial charge is 0.252 e. The summed E-state index contributed by atoms with van der Waals surface area (Å²) >= 11 is 1.58. The zero-order valence-electron chi connectivity index (χ0n) is 18.5. The summed E-state index contributed by atoms with van der Waals surface area (Å²) in [6.07, 6.45) is 3.74. The van der Waals surface area contributed by atoms with Gasteiger partial charge in [0.15, 0.2) is 5.65 Å². The summed E-state index contributed by atoms with van der Waals surface area (Å²) in [4.78, 5) is 34.2. The minimum absolute atomic E-state index is 0.00232. The van der Waals surface area contributed by atoms with Crippen molar-refractivity contribution in [2.45, 2.75) is 52.6 Å². The fraction of sp³-hybridized carbons (Fsp3) is 0.478. The first-order valence-corrected chi connectivity index (χ1v) is 11.8. The van der Waals surface area contributed by atoms with Crippen LogP contribution < -0.4 is 5.32 Å². The molecule has 3 aromatic heterocycles. The molecule has 1 atom stereocenters. The van der Waals surface area contributed by atoms with Gasteiger partial charge in [0, 0.05) is 19.1 Å². The second kappa shape index (κ2) is 8.78. The van der Waals surface area contributed by atoms with Crippen LogP contribution in [-0.2, 0) is 4.79 Å². The molecule has 1 fully saturated rings. The van der Waals surface area contributed by atoms with Gasteiger partial charge in [0.1, 0.15) is 6.04 Å². The summed E-state index contributed by atoms with van der Waals surface area (Å²) in [6, 6.07) is 5.33. The third-order valence-corrected chi connectivity index (χ3v) is 6.60. The maximum absolute atomic E-state index is 13.5. The molecule has 1 aliphatic rings. The Balaban J connectivity index is 1.73. The fourth-order valence-corrected chi connectivity index (χ4v) is 4.69. The van der Waals surface area contributed by atoms with Gasteiger partial charge in [-0.15, -0.1) is 11.3 Å². The Kier molecular flexibility index (Phi) is 6.09. The first-order valence-electron chi connectivity index (χ1n) is 10.9. The van der Waals surface area contributed by atoms with E-state index in [0.717, 1.165) is 36.5 Å². The zero-order valence-corrected chi connectivity index (χ0v) is 19.3. The van der Waals surface area contributed by atoms with Gasteiger partial charge in [-0.3, -0.25) is 9.59 Å². The molecule has 4 heterocycles. The van der Waals surface area contributed by atoms with Gasteiger partial charge in [0.2, 0.25) is 5.91 Å². The number of rotatable bonds is 6. The molecule has 3 aromatic rings. The molecule has 0 spiro atoms. The molecule has 1 aliphatic heterocycles. The van der Waals surface area contributed by atoms with Gasteiger partial charge in [0.25, 0.3) is 5.91 Å². The molecule has 0 radical (unpaired) electrons. The van der Waals surface area contributed by atoms with Gasteiger partial charge < -0.3 is 10.2 Å². The number of aromatic nitrogens is 3. The number of carbonyl (C=O) groups excluding carboxylic acids is 2. The van der Waals surface area contributed by atoms with E-state index < -0.39 is 6.04 Å². The number of hydrogen-bond acceptors (Lipinski definition) is 5. The summed E-state index contributed by atoms with van der Waals surface area (Å²) in [5.74, 6) is -0.271. The van der Waals surface area contributed by atoms with Crippen LogP contribution in [0.1, 0.15) is 56.9 Å². The molecule has 4 rings (SSSR count). The third-order valence-electron chi connectivity index (χ3n) is 5.71. The van der Waals surface area contributed by atoms with E-state index in [9.17, 15) is 9.59 Å². The lowest BCUT2D eigenvalue weighted by atomic mass is 10.0. The Labute approximate surface area is 186 Å². The van der Waals surface area contributed by atoms with Crippen molar-refractivity contribution in [2.24, 2.45) is 5.92 Å². The van der Waals surface area contributed by atoms with Gasteiger partial charge in [-0.2, -0.15) is 5.10 Å². The molecule has 1 N–H and O–H groups in total. The lowest BCUT2D eigenvalue weighted by Crippen LogP contribution is -2.50. The van der Waals surface area contributed by atoms with E-state index in [1.807, 2.05) is 60.9 Å². The van der Waals surface area contributed by atoms with Crippen LogP contribution in [-0.4, -0.2) is 50.6 Å². The van der Waals surface area contributed by atoms with E-state index in [4.69, 9.17) is 4.98 Å². The molecule has 7 nitrogen and oxygen atoms in total. The summed E-state index contributed by atoms with van der Waals surface area (Å²) in [6.45, 7) is 9.54. The highest BCUT2D eigenvalue weighted by Crippen LogP contribution is 2.29. The molecule has 0 unspecified atom stereocenters. The van der Waals surface area contributed by atoms with E-state index >= 15 is 0 Å². The lowest BCUT2D eigenvalue weighted by molar-refractivity contribution is -0.133. The van der Waals surface area contributed by atoms with E-state index in [0.29, 0.717) is 16.6 Å². The Morgan fingerprint density at radius 3 is 2.52 bits per heavy atom. The first kappa shape index (κ1) is 21.5. The van der Waals surface area contributed by atoms with Crippen LogP contribution in [0, 0.1) is 5.92 Å². The maximum Gasteiger partial charge on any atom is 0.252 e. The molecule has 0 aliphatic carbocycles. The van der Waals surface area contributed by atoms with Gasteiger partial charge in [-0.1, -0.05) is 19.9 Å². The number of likely N-dealkylation sites (tertiary alicyclic amines) is 1. The highest BCUT2D eigenvalue weighted by Gasteiger charge is 2.31. The Morgan fingerprint density at radius 1 is 1.16 bits per heavy atom. The number of nitrogens with zero attached hydrogens (tertiary/aromatic N) is 4. The minimum atomic E-state index is -0.556. The van der Waals surface area contributed by atoms with Crippen LogP contribution in [0.25, 0.3) is 21.6 Å². The average Bonchev–Trinajstić information content (AvgIpc) is 3.50. The summed E-state index contributed by atoms with van der Waals surface area (Å²) < 4.78 is 1.83. The standard InChI is InChI=1S/C23H29N5O2S/c1-14(2)20(23(30)27-9-5-6-10-27)26-22(29)16-12-18(19-8-7-11-31-19)25-21-17(16)13-24-28(21)15(3)4/h7-8,11-15,20H,5-6,9-10H2,1-4H3,(H,26,29)/t20-/m0/s1. The van der Waals surface area contributed by atoms with Gasteiger partial charge in [0.05, 0.1) is 27.7 Å². The number of carbonyl (C=O) groups is 2. The Bertz CT molecular complexity index is 1080. The van der Waals surface area contributed by atoms with Crippen molar-refractivity contribution in [2.75, 3.05) is 13.1 Å². The van der Waals surface area contributed by atoms with Crippen LogP contribution in [0.5, 0.6) is 0 Å². The van der Waals surface area contributed by atoms with Crippen LogP contribution in [0.3, 0.4) is 0 Å². The van der Waals surface area contributed by atoms with E-state index in [-0.39, 0.29) is 23.8 Å². The number of amides is 2. The Morgan fingerprint density at radius 2 is 1.90 bits per heavy atom. The number of fused-ring (bicyclic) bond motifs is 1. The number of pyridine rings is 1. The van der Waals surface area contributed by atoms with Crippen LogP contribution in [0.4, 0.5) is 0 Å². The normalized spacial score (nSPS) is 15.2. The summed E-state index contributed by atoms with van der Waals surface area (Å²) in [5, 5.41) is 10.2. The fourth-order valence-electron chi connectivity index (χ4n) is 4.00. The first-order chi connectivity index (χ1) is 14.9. The molecular weight excluding hydrogens is 410 g/mol. The van der Waals surface area contributed by atoms with Crippen molar-refractivity contribution in [1.82, 2.24) is 25.0 Å². The third kappa shape index (κ3) is 4.21. The Hall–Kier alpha value is -2.74. The van der Waals surface area contributed by atoms with E-state index in [1.165, 1.54) is 0 Å². The van der Waals surface area contributed by atoms with Crippen molar-refractivity contribution in [1.29, 1.82) is 0 Å². The second-order valence-electron chi connectivity index (χ2n) is 8.68. The van der Waals surface area contributed by atoms with Crippen molar-refractivity contribution in [3.8, 4) is 10.6 Å².